The molecule has 0 radical (unpaired) electrons. The fourth-order valence-electron chi connectivity index (χ4n) is 3.42. The van der Waals surface area contributed by atoms with Gasteiger partial charge in [-0.25, -0.2) is 0 Å². The summed E-state index contributed by atoms with van der Waals surface area (Å²) in [6, 6.07) is 8.56. The first kappa shape index (κ1) is 13.6. The van der Waals surface area contributed by atoms with E-state index >= 15 is 0 Å². The molecule has 2 unspecified atom stereocenters. The van der Waals surface area contributed by atoms with Gasteiger partial charge in [0.25, 0.3) is 5.91 Å². The van der Waals surface area contributed by atoms with Crippen LogP contribution in [0.5, 0.6) is 0 Å². The SMILES string of the molecule is CC1CN2CCCC2CN1C(=O)c1ccc(CN)cc1. The number of nitrogens with two attached hydrogens (primary N) is 1. The summed E-state index contributed by atoms with van der Waals surface area (Å²) in [6.07, 6.45) is 2.49. The van der Waals surface area contributed by atoms with Crippen molar-refractivity contribution in [1.82, 2.24) is 9.80 Å². The van der Waals surface area contributed by atoms with E-state index in [4.69, 9.17) is 5.73 Å². The second-order valence-corrected chi connectivity index (χ2v) is 6.00. The quantitative estimate of drug-likeness (QED) is 0.887. The van der Waals surface area contributed by atoms with Crippen LogP contribution in [0.2, 0.25) is 0 Å². The number of nitrogens with zero attached hydrogens (tertiary/aromatic N) is 2. The van der Waals surface area contributed by atoms with Crippen LogP contribution in [0.15, 0.2) is 24.3 Å². The van der Waals surface area contributed by atoms with Gasteiger partial charge in [0.2, 0.25) is 0 Å². The minimum Gasteiger partial charge on any atom is -0.333 e. The van der Waals surface area contributed by atoms with Crippen LogP contribution in [0.25, 0.3) is 0 Å². The third kappa shape index (κ3) is 2.45. The van der Waals surface area contributed by atoms with Crippen molar-refractivity contribution in [3.63, 3.8) is 0 Å². The lowest BCUT2D eigenvalue weighted by Gasteiger charge is -2.42. The van der Waals surface area contributed by atoms with Crippen LogP contribution in [0.1, 0.15) is 35.7 Å². The van der Waals surface area contributed by atoms with Gasteiger partial charge in [0.1, 0.15) is 0 Å². The van der Waals surface area contributed by atoms with Gasteiger partial charge in [0, 0.05) is 37.3 Å². The third-order valence-corrected chi connectivity index (χ3v) is 4.63. The normalized spacial score (nSPS) is 26.6. The number of rotatable bonds is 2. The van der Waals surface area contributed by atoms with Crippen LogP contribution < -0.4 is 5.73 Å². The molecule has 2 atom stereocenters. The Balaban J connectivity index is 1.75. The van der Waals surface area contributed by atoms with E-state index in [1.807, 2.05) is 29.2 Å². The molecule has 0 aromatic heterocycles. The van der Waals surface area contributed by atoms with E-state index in [2.05, 4.69) is 11.8 Å². The summed E-state index contributed by atoms with van der Waals surface area (Å²) in [4.78, 5) is 17.3. The second kappa shape index (κ2) is 5.54. The lowest BCUT2D eigenvalue weighted by atomic mass is 10.1. The van der Waals surface area contributed by atoms with Crippen molar-refractivity contribution < 1.29 is 4.79 Å². The Morgan fingerprint density at radius 2 is 2.05 bits per heavy atom. The maximum atomic E-state index is 12.7. The summed E-state index contributed by atoms with van der Waals surface area (Å²) in [5, 5.41) is 0. The molecule has 0 bridgehead atoms. The highest BCUT2D eigenvalue weighted by Crippen LogP contribution is 2.25. The number of amides is 1. The van der Waals surface area contributed by atoms with Gasteiger partial charge in [-0.1, -0.05) is 12.1 Å². The smallest absolute Gasteiger partial charge is 0.254 e. The second-order valence-electron chi connectivity index (χ2n) is 6.00. The Labute approximate surface area is 120 Å². The predicted octanol–water partition coefficient (Wildman–Crippen LogP) is 1.45. The average molecular weight is 273 g/mol. The number of carbonyl (C=O) groups excluding carboxylic acids is 1. The fourth-order valence-corrected chi connectivity index (χ4v) is 3.42. The third-order valence-electron chi connectivity index (χ3n) is 4.63. The van der Waals surface area contributed by atoms with Crippen LogP contribution in [0, 0.1) is 0 Å². The van der Waals surface area contributed by atoms with Crippen molar-refractivity contribution >= 4 is 5.91 Å². The molecule has 4 heteroatoms. The molecule has 1 amide bonds. The molecule has 2 aliphatic heterocycles. The molecule has 2 heterocycles. The van der Waals surface area contributed by atoms with Gasteiger partial charge < -0.3 is 10.6 Å². The Morgan fingerprint density at radius 1 is 1.30 bits per heavy atom. The summed E-state index contributed by atoms with van der Waals surface area (Å²) in [6.45, 7) is 5.75. The van der Waals surface area contributed by atoms with Gasteiger partial charge in [-0.2, -0.15) is 0 Å². The number of carbonyl (C=O) groups is 1. The maximum Gasteiger partial charge on any atom is 0.254 e. The highest BCUT2D eigenvalue weighted by molar-refractivity contribution is 5.94. The van der Waals surface area contributed by atoms with Gasteiger partial charge in [-0.3, -0.25) is 9.69 Å². The largest absolute Gasteiger partial charge is 0.333 e. The molecule has 20 heavy (non-hydrogen) atoms. The van der Waals surface area contributed by atoms with Gasteiger partial charge >= 0.3 is 0 Å². The van der Waals surface area contributed by atoms with Crippen LogP contribution in [-0.4, -0.2) is 47.4 Å². The van der Waals surface area contributed by atoms with Gasteiger partial charge in [-0.05, 0) is 44.0 Å². The molecule has 2 aliphatic rings. The fraction of sp³-hybridized carbons (Fsp3) is 0.562. The first-order chi connectivity index (χ1) is 9.69. The average Bonchev–Trinajstić information content (AvgIpc) is 2.93. The molecular weight excluding hydrogens is 250 g/mol. The molecule has 3 rings (SSSR count). The van der Waals surface area contributed by atoms with E-state index in [0.29, 0.717) is 18.6 Å². The first-order valence-electron chi connectivity index (χ1n) is 7.53. The number of piperazine rings is 1. The number of hydrogen-bond acceptors (Lipinski definition) is 3. The number of benzene rings is 1. The zero-order valence-corrected chi connectivity index (χ0v) is 12.1. The van der Waals surface area contributed by atoms with Crippen molar-refractivity contribution in [1.29, 1.82) is 0 Å². The highest BCUT2D eigenvalue weighted by atomic mass is 16.2. The van der Waals surface area contributed by atoms with Crippen molar-refractivity contribution in [3.8, 4) is 0 Å². The summed E-state index contributed by atoms with van der Waals surface area (Å²) in [5.74, 6) is 0.160. The van der Waals surface area contributed by atoms with E-state index < -0.39 is 0 Å². The van der Waals surface area contributed by atoms with E-state index in [0.717, 1.165) is 24.2 Å². The van der Waals surface area contributed by atoms with Crippen LogP contribution >= 0.6 is 0 Å². The van der Waals surface area contributed by atoms with Crippen molar-refractivity contribution in [2.24, 2.45) is 5.73 Å². The highest BCUT2D eigenvalue weighted by Gasteiger charge is 2.36. The summed E-state index contributed by atoms with van der Waals surface area (Å²) in [5.41, 5.74) is 7.44. The van der Waals surface area contributed by atoms with Crippen molar-refractivity contribution in [2.45, 2.75) is 38.4 Å². The molecular formula is C16H23N3O. The molecule has 1 aromatic rings. The molecule has 0 spiro atoms. The lowest BCUT2D eigenvalue weighted by molar-refractivity contribution is 0.0395. The Hall–Kier alpha value is -1.39. The van der Waals surface area contributed by atoms with E-state index in [9.17, 15) is 4.79 Å². The van der Waals surface area contributed by atoms with E-state index in [-0.39, 0.29) is 5.91 Å². The zero-order chi connectivity index (χ0) is 14.1. The molecule has 2 fully saturated rings. The van der Waals surface area contributed by atoms with Crippen molar-refractivity contribution in [2.75, 3.05) is 19.6 Å². The Morgan fingerprint density at radius 3 is 2.75 bits per heavy atom. The van der Waals surface area contributed by atoms with Crippen molar-refractivity contribution in [3.05, 3.63) is 35.4 Å². The van der Waals surface area contributed by atoms with Gasteiger partial charge in [0.15, 0.2) is 0 Å². The molecule has 2 saturated heterocycles. The molecule has 4 nitrogen and oxygen atoms in total. The number of hydrogen-bond donors (Lipinski definition) is 1. The van der Waals surface area contributed by atoms with Crippen LogP contribution in [0.3, 0.4) is 0 Å². The zero-order valence-electron chi connectivity index (χ0n) is 12.1. The topological polar surface area (TPSA) is 49.6 Å². The molecule has 1 aromatic carbocycles. The molecule has 0 saturated carbocycles. The number of fused-ring (bicyclic) bond motifs is 1. The molecule has 2 N–H and O–H groups in total. The first-order valence-corrected chi connectivity index (χ1v) is 7.53. The standard InChI is InChI=1S/C16H23N3O/c1-12-10-18-8-2-3-15(18)11-19(12)16(20)14-6-4-13(9-17)5-7-14/h4-7,12,15H,2-3,8-11,17H2,1H3. The monoisotopic (exact) mass is 273 g/mol. The molecule has 0 aliphatic carbocycles. The Bertz CT molecular complexity index is 485. The maximum absolute atomic E-state index is 12.7. The van der Waals surface area contributed by atoms with E-state index in [1.54, 1.807) is 0 Å². The van der Waals surface area contributed by atoms with E-state index in [1.165, 1.54) is 19.4 Å². The minimum absolute atomic E-state index is 0.160. The van der Waals surface area contributed by atoms with Crippen LogP contribution in [-0.2, 0) is 6.54 Å². The Kier molecular flexibility index (Phi) is 3.76. The van der Waals surface area contributed by atoms with Crippen LogP contribution in [0.4, 0.5) is 0 Å². The predicted molar refractivity (Wildman–Crippen MR) is 79.4 cm³/mol. The lowest BCUT2D eigenvalue weighted by Crippen LogP contribution is -2.56. The van der Waals surface area contributed by atoms with Gasteiger partial charge in [0.05, 0.1) is 0 Å². The van der Waals surface area contributed by atoms with Gasteiger partial charge in [-0.15, -0.1) is 0 Å². The summed E-state index contributed by atoms with van der Waals surface area (Å²) >= 11 is 0. The summed E-state index contributed by atoms with van der Waals surface area (Å²) in [7, 11) is 0. The minimum atomic E-state index is 0.160. The molecule has 108 valence electrons. The summed E-state index contributed by atoms with van der Waals surface area (Å²) < 4.78 is 0.